The molecule has 0 bridgehead atoms. The average molecular weight is 362 g/mol. The molecule has 0 spiro atoms. The summed E-state index contributed by atoms with van der Waals surface area (Å²) in [5, 5.41) is 2.85. The number of sulfonamides is 1. The lowest BCUT2D eigenvalue weighted by Gasteiger charge is -2.18. The summed E-state index contributed by atoms with van der Waals surface area (Å²) in [5.74, 6) is -0.0197. The molecule has 0 unspecified atom stereocenters. The highest BCUT2D eigenvalue weighted by molar-refractivity contribution is 7.91. The highest BCUT2D eigenvalue weighted by atomic mass is 32.2. The van der Waals surface area contributed by atoms with E-state index in [2.05, 4.69) is 10.0 Å². The number of nitrogens with two attached hydrogens (primary N) is 1. The highest BCUT2D eigenvalue weighted by Crippen LogP contribution is 2.22. The summed E-state index contributed by atoms with van der Waals surface area (Å²) in [6.45, 7) is 9.72. The molecule has 0 aromatic carbocycles. The van der Waals surface area contributed by atoms with Crippen LogP contribution >= 0.6 is 11.3 Å². The molecule has 6 nitrogen and oxygen atoms in total. The third kappa shape index (κ3) is 6.99. The summed E-state index contributed by atoms with van der Waals surface area (Å²) in [6.07, 6.45) is 0.602. The third-order valence-electron chi connectivity index (χ3n) is 2.96. The van der Waals surface area contributed by atoms with Crippen LogP contribution in [-0.4, -0.2) is 33.0 Å². The minimum absolute atomic E-state index is 0.0197. The maximum absolute atomic E-state index is 12.2. The Balaban J connectivity index is 2.59. The van der Waals surface area contributed by atoms with Gasteiger partial charge in [-0.3, -0.25) is 4.79 Å². The maximum atomic E-state index is 12.2. The van der Waals surface area contributed by atoms with E-state index < -0.39 is 21.0 Å². The maximum Gasteiger partial charge on any atom is 0.250 e. The van der Waals surface area contributed by atoms with Gasteiger partial charge in [0.25, 0.3) is 0 Å². The normalized spacial score (nSPS) is 13.1. The molecule has 0 fully saturated rings. The second-order valence-corrected chi connectivity index (χ2v) is 10.5. The second-order valence-electron chi connectivity index (χ2n) is 7.29. The van der Waals surface area contributed by atoms with Gasteiger partial charge < -0.3 is 11.1 Å². The molecular formula is C15H27N3O3S2. The van der Waals surface area contributed by atoms with Crippen molar-refractivity contribution in [2.45, 2.75) is 50.8 Å². The fourth-order valence-electron chi connectivity index (χ4n) is 1.55. The highest BCUT2D eigenvalue weighted by Gasteiger charge is 2.22. The average Bonchev–Trinajstić information content (AvgIpc) is 2.84. The molecular weight excluding hydrogens is 334 g/mol. The number of hydrogen-bond donors (Lipinski definition) is 3. The van der Waals surface area contributed by atoms with Gasteiger partial charge in [-0.25, -0.2) is 13.1 Å². The quantitative estimate of drug-likeness (QED) is 0.684. The fourth-order valence-corrected chi connectivity index (χ4v) is 4.18. The van der Waals surface area contributed by atoms with E-state index in [1.165, 1.54) is 11.3 Å². The molecule has 0 saturated heterocycles. The molecule has 1 rings (SSSR count). The summed E-state index contributed by atoms with van der Waals surface area (Å²) >= 11 is 1.21. The lowest BCUT2D eigenvalue weighted by atomic mass is 9.96. The number of amides is 1. The Morgan fingerprint density at radius 2 is 1.83 bits per heavy atom. The Kier molecular flexibility index (Phi) is 6.37. The van der Waals surface area contributed by atoms with Crippen molar-refractivity contribution >= 4 is 27.3 Å². The van der Waals surface area contributed by atoms with Crippen molar-refractivity contribution in [2.24, 2.45) is 11.1 Å². The third-order valence-corrected chi connectivity index (χ3v) is 6.00. The fraction of sp³-hybridized carbons (Fsp3) is 0.667. The van der Waals surface area contributed by atoms with Crippen LogP contribution in [0.3, 0.4) is 0 Å². The molecule has 4 N–H and O–H groups in total. The van der Waals surface area contributed by atoms with Gasteiger partial charge in [0.15, 0.2) is 0 Å². The predicted molar refractivity (Wildman–Crippen MR) is 93.9 cm³/mol. The van der Waals surface area contributed by atoms with Crippen LogP contribution in [0.15, 0.2) is 16.3 Å². The molecule has 132 valence electrons. The van der Waals surface area contributed by atoms with Crippen molar-refractivity contribution in [3.8, 4) is 0 Å². The van der Waals surface area contributed by atoms with Gasteiger partial charge in [0.1, 0.15) is 4.21 Å². The first-order valence-corrected chi connectivity index (χ1v) is 9.77. The van der Waals surface area contributed by atoms with Crippen molar-refractivity contribution < 1.29 is 13.2 Å². The van der Waals surface area contributed by atoms with Gasteiger partial charge in [0.2, 0.25) is 15.9 Å². The van der Waals surface area contributed by atoms with Gasteiger partial charge >= 0.3 is 0 Å². The predicted octanol–water partition coefficient (Wildman–Crippen LogP) is 1.47. The van der Waals surface area contributed by atoms with Gasteiger partial charge in [-0.1, -0.05) is 20.8 Å². The SMILES string of the molecule is CC(C)(N)CNS(=O)(=O)c1ccc(CCNC(=O)C(C)(C)C)s1. The van der Waals surface area contributed by atoms with Gasteiger partial charge in [0, 0.05) is 28.9 Å². The Labute approximate surface area is 142 Å². The molecule has 8 heteroatoms. The minimum Gasteiger partial charge on any atom is -0.355 e. The van der Waals surface area contributed by atoms with Crippen LogP contribution in [-0.2, 0) is 21.2 Å². The van der Waals surface area contributed by atoms with Crippen LogP contribution in [0.5, 0.6) is 0 Å². The number of thiophene rings is 1. The van der Waals surface area contributed by atoms with E-state index in [0.717, 1.165) is 4.88 Å². The molecule has 0 radical (unpaired) electrons. The van der Waals surface area contributed by atoms with Crippen molar-refractivity contribution in [3.05, 3.63) is 17.0 Å². The van der Waals surface area contributed by atoms with Crippen LogP contribution in [0.25, 0.3) is 0 Å². The Morgan fingerprint density at radius 3 is 2.35 bits per heavy atom. The standard InChI is InChI=1S/C15H27N3O3S2/c1-14(2,3)13(19)17-9-8-11-6-7-12(22-11)23(20,21)18-10-15(4,5)16/h6-7,18H,8-10,16H2,1-5H3,(H,17,19). The smallest absolute Gasteiger partial charge is 0.250 e. The molecule has 1 aromatic rings. The Bertz CT molecular complexity index is 638. The van der Waals surface area contributed by atoms with Gasteiger partial charge in [-0.15, -0.1) is 11.3 Å². The summed E-state index contributed by atoms with van der Waals surface area (Å²) in [6, 6.07) is 3.35. The number of carbonyl (C=O) groups is 1. The van der Waals surface area contributed by atoms with Gasteiger partial charge in [0.05, 0.1) is 0 Å². The molecule has 0 aliphatic rings. The molecule has 1 amide bonds. The van der Waals surface area contributed by atoms with E-state index in [9.17, 15) is 13.2 Å². The van der Waals surface area contributed by atoms with Crippen LogP contribution in [0, 0.1) is 5.41 Å². The molecule has 1 aromatic heterocycles. The molecule has 0 aliphatic heterocycles. The summed E-state index contributed by atoms with van der Waals surface area (Å²) < 4.78 is 27.1. The zero-order valence-electron chi connectivity index (χ0n) is 14.4. The first-order valence-electron chi connectivity index (χ1n) is 7.47. The molecule has 1 heterocycles. The van der Waals surface area contributed by atoms with E-state index in [-0.39, 0.29) is 16.7 Å². The van der Waals surface area contributed by atoms with E-state index in [4.69, 9.17) is 5.73 Å². The lowest BCUT2D eigenvalue weighted by Crippen LogP contribution is -2.44. The van der Waals surface area contributed by atoms with Crippen molar-refractivity contribution in [1.29, 1.82) is 0 Å². The lowest BCUT2D eigenvalue weighted by molar-refractivity contribution is -0.128. The zero-order chi connectivity index (χ0) is 17.9. The summed E-state index contributed by atoms with van der Waals surface area (Å²) in [5.41, 5.74) is 4.76. The van der Waals surface area contributed by atoms with E-state index >= 15 is 0 Å². The summed E-state index contributed by atoms with van der Waals surface area (Å²) in [4.78, 5) is 12.7. The van der Waals surface area contributed by atoms with Crippen LogP contribution in [0.4, 0.5) is 0 Å². The summed E-state index contributed by atoms with van der Waals surface area (Å²) in [7, 11) is -3.54. The Hall–Kier alpha value is -0.960. The topological polar surface area (TPSA) is 101 Å². The number of rotatable bonds is 7. The van der Waals surface area contributed by atoms with Crippen LogP contribution in [0.2, 0.25) is 0 Å². The van der Waals surface area contributed by atoms with E-state index in [1.807, 2.05) is 20.8 Å². The number of nitrogens with one attached hydrogen (secondary N) is 2. The number of hydrogen-bond acceptors (Lipinski definition) is 5. The van der Waals surface area contributed by atoms with E-state index in [0.29, 0.717) is 13.0 Å². The van der Waals surface area contributed by atoms with Crippen molar-refractivity contribution in [2.75, 3.05) is 13.1 Å². The molecule has 23 heavy (non-hydrogen) atoms. The first-order chi connectivity index (χ1) is 10.3. The van der Waals surface area contributed by atoms with Crippen molar-refractivity contribution in [3.63, 3.8) is 0 Å². The van der Waals surface area contributed by atoms with Gasteiger partial charge in [-0.2, -0.15) is 0 Å². The van der Waals surface area contributed by atoms with Crippen molar-refractivity contribution in [1.82, 2.24) is 10.0 Å². The molecule has 0 aliphatic carbocycles. The number of carbonyl (C=O) groups excluding carboxylic acids is 1. The monoisotopic (exact) mass is 361 g/mol. The Morgan fingerprint density at radius 1 is 1.22 bits per heavy atom. The van der Waals surface area contributed by atoms with Gasteiger partial charge in [-0.05, 0) is 32.4 Å². The molecule has 0 atom stereocenters. The first kappa shape index (κ1) is 20.1. The zero-order valence-corrected chi connectivity index (χ0v) is 16.0. The van der Waals surface area contributed by atoms with Crippen LogP contribution in [0.1, 0.15) is 39.5 Å². The minimum atomic E-state index is -3.54. The molecule has 0 saturated carbocycles. The van der Waals surface area contributed by atoms with Crippen LogP contribution < -0.4 is 15.8 Å². The second kappa shape index (κ2) is 7.29. The largest absolute Gasteiger partial charge is 0.355 e. The van der Waals surface area contributed by atoms with E-state index in [1.54, 1.807) is 26.0 Å².